The van der Waals surface area contributed by atoms with Crippen molar-refractivity contribution in [3.8, 4) is 0 Å². The zero-order valence-electron chi connectivity index (χ0n) is 11.1. The molecule has 0 amide bonds. The molecule has 0 spiro atoms. The van der Waals surface area contributed by atoms with Crippen molar-refractivity contribution >= 4 is 15.8 Å². The van der Waals surface area contributed by atoms with Crippen molar-refractivity contribution in [2.24, 2.45) is 0 Å². The predicted molar refractivity (Wildman–Crippen MR) is 72.1 cm³/mol. The molecule has 0 aliphatic carbocycles. The van der Waals surface area contributed by atoms with Gasteiger partial charge in [0.25, 0.3) is 5.78 Å². The molecular formula is C13H15NO5S. The molecule has 0 saturated heterocycles. The van der Waals surface area contributed by atoms with Crippen LogP contribution in [0.25, 0.3) is 0 Å². The van der Waals surface area contributed by atoms with Gasteiger partial charge in [-0.2, -0.15) is 0 Å². The zero-order valence-corrected chi connectivity index (χ0v) is 11.9. The Hall–Kier alpha value is -2.02. The fraction of sp³-hybridized carbons (Fsp3) is 0.308. The van der Waals surface area contributed by atoms with E-state index in [0.717, 1.165) is 0 Å². The molecule has 1 aliphatic rings. The first-order valence-corrected chi connectivity index (χ1v) is 7.68. The second-order valence-corrected chi connectivity index (χ2v) is 6.52. The lowest BCUT2D eigenvalue weighted by Crippen LogP contribution is -2.32. The number of aliphatic hydroxyl groups excluding tert-OH is 1. The highest BCUT2D eigenvalue weighted by Crippen LogP contribution is 2.36. The fourth-order valence-corrected chi connectivity index (χ4v) is 2.42. The molecule has 0 aromatic heterocycles. The molecule has 6 nitrogen and oxygen atoms in total. The van der Waals surface area contributed by atoms with E-state index in [1.807, 2.05) is 0 Å². The van der Waals surface area contributed by atoms with E-state index >= 15 is 0 Å². The number of rotatable bonds is 4. The highest BCUT2D eigenvalue weighted by atomic mass is 32.2. The Balaban J connectivity index is 2.35. The summed E-state index contributed by atoms with van der Waals surface area (Å²) in [5, 5.41) is 9.79. The van der Waals surface area contributed by atoms with Gasteiger partial charge in [0.2, 0.25) is 21.7 Å². The topological polar surface area (TPSA) is 92.7 Å². The maximum Gasteiger partial charge on any atom is 0.250 e. The molecule has 20 heavy (non-hydrogen) atoms. The number of aliphatic hydroxyl groups is 1. The summed E-state index contributed by atoms with van der Waals surface area (Å²) in [7, 11) is -3.64. The van der Waals surface area contributed by atoms with E-state index in [0.29, 0.717) is 5.56 Å². The van der Waals surface area contributed by atoms with Crippen LogP contribution in [0.15, 0.2) is 42.0 Å². The SMILES string of the molecule is CCS(=O)(=O)NC1=C(O)C(=O)C(C)(c2ccccc2)O1. The minimum Gasteiger partial charge on any atom is -0.501 e. The van der Waals surface area contributed by atoms with Crippen LogP contribution < -0.4 is 4.72 Å². The Morgan fingerprint density at radius 3 is 2.45 bits per heavy atom. The average molecular weight is 297 g/mol. The van der Waals surface area contributed by atoms with E-state index in [4.69, 9.17) is 4.74 Å². The van der Waals surface area contributed by atoms with E-state index in [1.165, 1.54) is 13.8 Å². The minimum absolute atomic E-state index is 0.191. The summed E-state index contributed by atoms with van der Waals surface area (Å²) in [6.07, 6.45) is 0. The number of hydrogen-bond donors (Lipinski definition) is 2. The molecule has 1 aromatic carbocycles. The van der Waals surface area contributed by atoms with E-state index in [9.17, 15) is 18.3 Å². The van der Waals surface area contributed by atoms with Gasteiger partial charge in [-0.15, -0.1) is 0 Å². The Morgan fingerprint density at radius 1 is 1.30 bits per heavy atom. The standard InChI is InChI=1S/C13H15NO5S/c1-3-20(17,18)14-12-10(15)11(16)13(2,19-12)9-7-5-4-6-8-9/h4-8,14-15H,3H2,1-2H3. The summed E-state index contributed by atoms with van der Waals surface area (Å²) < 4.78 is 30.5. The lowest BCUT2D eigenvalue weighted by Gasteiger charge is -2.23. The lowest BCUT2D eigenvalue weighted by atomic mass is 9.92. The number of sulfonamides is 1. The van der Waals surface area contributed by atoms with Crippen molar-refractivity contribution in [1.82, 2.24) is 4.72 Å². The maximum absolute atomic E-state index is 12.1. The molecule has 0 fully saturated rings. The molecule has 1 atom stereocenters. The Morgan fingerprint density at radius 2 is 1.90 bits per heavy atom. The van der Waals surface area contributed by atoms with Gasteiger partial charge in [-0.3, -0.25) is 9.52 Å². The van der Waals surface area contributed by atoms with Gasteiger partial charge < -0.3 is 9.84 Å². The van der Waals surface area contributed by atoms with Crippen LogP contribution in [0.5, 0.6) is 0 Å². The Labute approximate surface area is 117 Å². The number of hydrogen-bond acceptors (Lipinski definition) is 5. The lowest BCUT2D eigenvalue weighted by molar-refractivity contribution is -0.131. The van der Waals surface area contributed by atoms with E-state index in [2.05, 4.69) is 4.72 Å². The normalized spacial score (nSPS) is 22.8. The summed E-state index contributed by atoms with van der Waals surface area (Å²) in [4.78, 5) is 12.1. The summed E-state index contributed by atoms with van der Waals surface area (Å²) in [6, 6.07) is 8.57. The van der Waals surface area contributed by atoms with Crippen LogP contribution in [0, 0.1) is 0 Å². The van der Waals surface area contributed by atoms with Gasteiger partial charge in [0.05, 0.1) is 5.75 Å². The second-order valence-electron chi connectivity index (χ2n) is 4.51. The molecule has 2 rings (SSSR count). The molecule has 2 N–H and O–H groups in total. The first kappa shape index (κ1) is 14.4. The van der Waals surface area contributed by atoms with Crippen LogP contribution >= 0.6 is 0 Å². The summed E-state index contributed by atoms with van der Waals surface area (Å²) in [5.74, 6) is -2.02. The van der Waals surface area contributed by atoms with Crippen LogP contribution in [0.3, 0.4) is 0 Å². The monoisotopic (exact) mass is 297 g/mol. The molecule has 1 unspecified atom stereocenters. The molecule has 0 bridgehead atoms. The highest BCUT2D eigenvalue weighted by molar-refractivity contribution is 7.89. The van der Waals surface area contributed by atoms with E-state index in [1.54, 1.807) is 30.3 Å². The third kappa shape index (κ3) is 2.36. The molecular weight excluding hydrogens is 282 g/mol. The second kappa shape index (κ2) is 4.82. The molecule has 0 saturated carbocycles. The zero-order chi connectivity index (χ0) is 15.0. The van der Waals surface area contributed by atoms with Crippen molar-refractivity contribution < 1.29 is 23.1 Å². The number of benzene rings is 1. The van der Waals surface area contributed by atoms with Gasteiger partial charge >= 0.3 is 0 Å². The van der Waals surface area contributed by atoms with Crippen LogP contribution in [0.2, 0.25) is 0 Å². The van der Waals surface area contributed by atoms with Gasteiger partial charge in [0.15, 0.2) is 5.60 Å². The van der Waals surface area contributed by atoms with Gasteiger partial charge in [0.1, 0.15) is 0 Å². The predicted octanol–water partition coefficient (Wildman–Crippen LogP) is 1.17. The number of ketones is 1. The van der Waals surface area contributed by atoms with Crippen molar-refractivity contribution in [3.63, 3.8) is 0 Å². The third-order valence-corrected chi connectivity index (χ3v) is 4.38. The smallest absolute Gasteiger partial charge is 0.250 e. The van der Waals surface area contributed by atoms with Crippen LogP contribution in [0.4, 0.5) is 0 Å². The molecule has 1 heterocycles. The molecule has 1 aliphatic heterocycles. The van der Waals surface area contributed by atoms with E-state index < -0.39 is 33.0 Å². The van der Waals surface area contributed by atoms with Crippen LogP contribution in [-0.4, -0.2) is 25.1 Å². The van der Waals surface area contributed by atoms with Gasteiger partial charge in [0, 0.05) is 5.56 Å². The number of ether oxygens (including phenoxy) is 1. The molecule has 7 heteroatoms. The Kier molecular flexibility index (Phi) is 3.47. The summed E-state index contributed by atoms with van der Waals surface area (Å²) in [5.41, 5.74) is -0.904. The molecule has 0 radical (unpaired) electrons. The molecule has 108 valence electrons. The van der Waals surface area contributed by atoms with Gasteiger partial charge in [-0.1, -0.05) is 30.3 Å². The number of carbonyl (C=O) groups excluding carboxylic acids is 1. The van der Waals surface area contributed by atoms with Crippen molar-refractivity contribution in [3.05, 3.63) is 47.5 Å². The molecule has 1 aromatic rings. The van der Waals surface area contributed by atoms with Gasteiger partial charge in [-0.25, -0.2) is 8.42 Å². The van der Waals surface area contributed by atoms with Crippen molar-refractivity contribution in [2.45, 2.75) is 19.4 Å². The summed E-state index contributed by atoms with van der Waals surface area (Å²) in [6.45, 7) is 2.92. The number of Topliss-reactive ketones (excluding diaryl/α,β-unsaturated/α-hetero) is 1. The first-order chi connectivity index (χ1) is 9.30. The first-order valence-electron chi connectivity index (χ1n) is 6.03. The minimum atomic E-state index is -3.64. The fourth-order valence-electron chi connectivity index (χ4n) is 1.86. The van der Waals surface area contributed by atoms with E-state index in [-0.39, 0.29) is 5.75 Å². The van der Waals surface area contributed by atoms with Gasteiger partial charge in [-0.05, 0) is 13.8 Å². The third-order valence-electron chi connectivity index (χ3n) is 3.12. The Bertz CT molecular complexity index is 665. The average Bonchev–Trinajstić information content (AvgIpc) is 2.65. The number of nitrogens with one attached hydrogen (secondary N) is 1. The van der Waals surface area contributed by atoms with Crippen molar-refractivity contribution in [2.75, 3.05) is 5.75 Å². The van der Waals surface area contributed by atoms with Crippen LogP contribution in [0.1, 0.15) is 19.4 Å². The van der Waals surface area contributed by atoms with Crippen LogP contribution in [-0.2, 0) is 25.2 Å². The highest BCUT2D eigenvalue weighted by Gasteiger charge is 2.48. The largest absolute Gasteiger partial charge is 0.501 e. The van der Waals surface area contributed by atoms with Crippen molar-refractivity contribution in [1.29, 1.82) is 0 Å². The summed E-state index contributed by atoms with van der Waals surface area (Å²) >= 11 is 0. The number of carbonyl (C=O) groups is 1. The quantitative estimate of drug-likeness (QED) is 0.870. The maximum atomic E-state index is 12.1.